The predicted molar refractivity (Wildman–Crippen MR) is 81.9 cm³/mol. The first-order valence-electron chi connectivity index (χ1n) is 6.72. The Balaban J connectivity index is 2.93. The van der Waals surface area contributed by atoms with E-state index in [1.165, 1.54) is 24.1 Å². The number of carbonyl (C=O) groups excluding carboxylic acids is 1. The van der Waals surface area contributed by atoms with Crippen molar-refractivity contribution in [2.24, 2.45) is 0 Å². The van der Waals surface area contributed by atoms with Crippen molar-refractivity contribution in [3.63, 3.8) is 0 Å². The van der Waals surface area contributed by atoms with Crippen molar-refractivity contribution in [2.45, 2.75) is 24.7 Å². The van der Waals surface area contributed by atoms with Gasteiger partial charge in [0.1, 0.15) is 11.6 Å². The second-order valence-electron chi connectivity index (χ2n) is 4.58. The van der Waals surface area contributed by atoms with Crippen LogP contribution in [0.4, 0.5) is 0 Å². The minimum absolute atomic E-state index is 0.168. The molecule has 0 aliphatic heterocycles. The molecule has 0 saturated heterocycles. The number of ether oxygens (including phenoxy) is 1. The molecule has 0 heterocycles. The summed E-state index contributed by atoms with van der Waals surface area (Å²) in [6.07, 6.45) is 2.76. The maximum Gasteiger partial charge on any atom is 0.246 e. The topological polar surface area (TPSA) is 63.7 Å². The summed E-state index contributed by atoms with van der Waals surface area (Å²) in [7, 11) is -2.06. The summed E-state index contributed by atoms with van der Waals surface area (Å²) in [5, 5.41) is 0. The summed E-state index contributed by atoms with van der Waals surface area (Å²) in [4.78, 5) is 13.2. The lowest BCUT2D eigenvalue weighted by Crippen LogP contribution is -2.35. The minimum Gasteiger partial charge on any atom is -0.497 e. The Labute approximate surface area is 126 Å². The fourth-order valence-electron chi connectivity index (χ4n) is 1.78. The van der Waals surface area contributed by atoms with Gasteiger partial charge in [0, 0.05) is 6.54 Å². The van der Waals surface area contributed by atoms with Gasteiger partial charge < -0.3 is 9.64 Å². The first-order valence-corrected chi connectivity index (χ1v) is 8.38. The smallest absolute Gasteiger partial charge is 0.246 e. The van der Waals surface area contributed by atoms with E-state index >= 15 is 0 Å². The van der Waals surface area contributed by atoms with Gasteiger partial charge in [-0.2, -0.15) is 0 Å². The van der Waals surface area contributed by atoms with E-state index in [0.29, 0.717) is 12.3 Å². The summed E-state index contributed by atoms with van der Waals surface area (Å²) >= 11 is 0. The number of sulfone groups is 1. The number of hydrogen-bond donors (Lipinski definition) is 0. The van der Waals surface area contributed by atoms with Crippen molar-refractivity contribution < 1.29 is 17.9 Å². The third-order valence-electron chi connectivity index (χ3n) is 3.01. The van der Waals surface area contributed by atoms with Crippen molar-refractivity contribution in [1.82, 2.24) is 4.90 Å². The molecule has 6 heteroatoms. The van der Waals surface area contributed by atoms with Crippen molar-refractivity contribution in [1.29, 1.82) is 0 Å². The lowest BCUT2D eigenvalue weighted by atomic mass is 10.3. The molecule has 116 valence electrons. The number of nitrogens with zero attached hydrogens (tertiary/aromatic N) is 1. The summed E-state index contributed by atoms with van der Waals surface area (Å²) in [6, 6.07) is 6.12. The van der Waals surface area contributed by atoms with E-state index in [9.17, 15) is 13.2 Å². The van der Waals surface area contributed by atoms with Gasteiger partial charge in [0.25, 0.3) is 0 Å². The maximum absolute atomic E-state index is 12.4. The molecule has 0 unspecified atom stereocenters. The fraction of sp³-hybridized carbons (Fsp3) is 0.400. The molecule has 1 rings (SSSR count). The summed E-state index contributed by atoms with van der Waals surface area (Å²) in [5.74, 6) is -0.135. The van der Waals surface area contributed by atoms with Crippen LogP contribution in [0.5, 0.6) is 5.75 Å². The predicted octanol–water partition coefficient (Wildman–Crippen LogP) is 2.24. The van der Waals surface area contributed by atoms with E-state index in [1.807, 2.05) is 6.92 Å². The first kappa shape index (κ1) is 17.2. The van der Waals surface area contributed by atoms with Gasteiger partial charge in [-0.15, -0.1) is 0 Å². The van der Waals surface area contributed by atoms with Gasteiger partial charge in [-0.3, -0.25) is 4.79 Å². The Bertz CT molecular complexity index is 578. The van der Waals surface area contributed by atoms with Gasteiger partial charge in [-0.1, -0.05) is 19.9 Å². The van der Waals surface area contributed by atoms with E-state index < -0.39 is 9.84 Å². The molecule has 21 heavy (non-hydrogen) atoms. The monoisotopic (exact) mass is 311 g/mol. The Morgan fingerprint density at radius 2 is 1.95 bits per heavy atom. The molecule has 5 nitrogen and oxygen atoms in total. The highest BCUT2D eigenvalue weighted by molar-refractivity contribution is 7.91. The molecule has 0 spiro atoms. The normalized spacial score (nSPS) is 11.0. The summed E-state index contributed by atoms with van der Waals surface area (Å²) in [6.45, 7) is 5.79. The van der Waals surface area contributed by atoms with Crippen LogP contribution in [0, 0.1) is 0 Å². The highest BCUT2D eigenvalue weighted by atomic mass is 32.2. The van der Waals surface area contributed by atoms with Gasteiger partial charge in [0.2, 0.25) is 5.91 Å². The van der Waals surface area contributed by atoms with Crippen molar-refractivity contribution in [3.8, 4) is 5.75 Å². The largest absolute Gasteiger partial charge is 0.497 e. The van der Waals surface area contributed by atoms with Crippen LogP contribution in [0.15, 0.2) is 41.8 Å². The van der Waals surface area contributed by atoms with Gasteiger partial charge >= 0.3 is 0 Å². The second-order valence-corrected chi connectivity index (χ2v) is 6.54. The van der Waals surface area contributed by atoms with E-state index in [1.54, 1.807) is 12.1 Å². The Morgan fingerprint density at radius 3 is 2.43 bits per heavy atom. The van der Waals surface area contributed by atoms with E-state index in [-0.39, 0.29) is 16.7 Å². The zero-order chi connectivity index (χ0) is 15.9. The van der Waals surface area contributed by atoms with Crippen LogP contribution in [0.1, 0.15) is 19.8 Å². The van der Waals surface area contributed by atoms with Gasteiger partial charge in [-0.05, 0) is 36.8 Å². The van der Waals surface area contributed by atoms with Gasteiger partial charge in [0.05, 0.1) is 12.0 Å². The molecular weight excluding hydrogens is 290 g/mol. The molecule has 0 saturated carbocycles. The number of amides is 1. The number of methoxy groups -OCH3 is 1. The number of unbranched alkanes of at least 4 members (excludes halogenated alkanes) is 1. The molecule has 1 aromatic rings. The van der Waals surface area contributed by atoms with E-state index in [0.717, 1.165) is 18.9 Å². The fourth-order valence-corrected chi connectivity index (χ4v) is 3.15. The van der Waals surface area contributed by atoms with Crippen molar-refractivity contribution in [3.05, 3.63) is 36.9 Å². The average molecular weight is 311 g/mol. The number of rotatable bonds is 8. The highest BCUT2D eigenvalue weighted by Gasteiger charge is 2.21. The second kappa shape index (κ2) is 7.83. The van der Waals surface area contributed by atoms with Crippen molar-refractivity contribution in [2.75, 3.05) is 19.5 Å². The zero-order valence-electron chi connectivity index (χ0n) is 12.4. The Hall–Kier alpha value is -1.82. The van der Waals surface area contributed by atoms with Crippen LogP contribution in [0.3, 0.4) is 0 Å². The lowest BCUT2D eigenvalue weighted by Gasteiger charge is -2.20. The van der Waals surface area contributed by atoms with E-state index in [2.05, 4.69) is 6.58 Å². The molecule has 1 aromatic carbocycles. The van der Waals surface area contributed by atoms with Crippen LogP contribution in [0.25, 0.3) is 0 Å². The van der Waals surface area contributed by atoms with Gasteiger partial charge in [-0.25, -0.2) is 8.42 Å². The number of carbonyl (C=O) groups is 1. The maximum atomic E-state index is 12.4. The number of benzene rings is 1. The number of hydrogen-bond acceptors (Lipinski definition) is 4. The lowest BCUT2D eigenvalue weighted by molar-refractivity contribution is -0.125. The molecule has 0 bridgehead atoms. The molecule has 0 fully saturated rings. The third kappa shape index (κ3) is 4.90. The summed E-state index contributed by atoms with van der Waals surface area (Å²) < 4.78 is 29.7. The molecule has 0 aliphatic rings. The third-order valence-corrected chi connectivity index (χ3v) is 4.65. The first-order chi connectivity index (χ1) is 9.94. The average Bonchev–Trinajstić information content (AvgIpc) is 2.50. The molecule has 0 N–H and O–H groups in total. The standard InChI is InChI=1S/C15H21NO4S/c1-4-6-11-16(15(17)5-2)12-21(18,19)14-9-7-13(20-3)8-10-14/h5,7-10H,2,4,6,11-12H2,1,3H3. The van der Waals surface area contributed by atoms with Crippen LogP contribution in [-0.2, 0) is 14.6 Å². The van der Waals surface area contributed by atoms with Crippen LogP contribution >= 0.6 is 0 Å². The molecule has 0 aliphatic carbocycles. The Morgan fingerprint density at radius 1 is 1.33 bits per heavy atom. The SMILES string of the molecule is C=CC(=O)N(CCCC)CS(=O)(=O)c1ccc(OC)cc1. The Kier molecular flexibility index (Phi) is 6.42. The zero-order valence-corrected chi connectivity index (χ0v) is 13.2. The molecular formula is C15H21NO4S. The minimum atomic E-state index is -3.57. The quantitative estimate of drug-likeness (QED) is 0.691. The molecule has 0 atom stereocenters. The van der Waals surface area contributed by atoms with Crippen LogP contribution in [0.2, 0.25) is 0 Å². The summed E-state index contributed by atoms with van der Waals surface area (Å²) in [5.41, 5.74) is 0. The highest BCUT2D eigenvalue weighted by Crippen LogP contribution is 2.17. The molecule has 0 aromatic heterocycles. The van der Waals surface area contributed by atoms with Gasteiger partial charge in [0.15, 0.2) is 9.84 Å². The van der Waals surface area contributed by atoms with Crippen LogP contribution < -0.4 is 4.74 Å². The molecule has 0 radical (unpaired) electrons. The van der Waals surface area contributed by atoms with E-state index in [4.69, 9.17) is 4.74 Å². The van der Waals surface area contributed by atoms with Crippen LogP contribution in [-0.4, -0.2) is 38.8 Å². The van der Waals surface area contributed by atoms with Crippen molar-refractivity contribution >= 4 is 15.7 Å². The molecule has 1 amide bonds.